The van der Waals surface area contributed by atoms with Crippen LogP contribution in [0.3, 0.4) is 0 Å². The molecule has 1 saturated heterocycles. The molecule has 0 bridgehead atoms. The number of ether oxygens (including phenoxy) is 1. The van der Waals surface area contributed by atoms with Crippen molar-refractivity contribution in [3.05, 3.63) is 53.9 Å². The molecule has 5 nitrogen and oxygen atoms in total. The summed E-state index contributed by atoms with van der Waals surface area (Å²) in [6.07, 6.45) is 6.45. The zero-order chi connectivity index (χ0) is 16.9. The van der Waals surface area contributed by atoms with Crippen LogP contribution in [0.1, 0.15) is 28.8 Å². The van der Waals surface area contributed by atoms with Gasteiger partial charge in [0.1, 0.15) is 5.75 Å². The molecule has 126 valence electrons. The Kier molecular flexibility index (Phi) is 4.99. The molecule has 0 spiro atoms. The number of primary amides is 1. The highest BCUT2D eigenvalue weighted by molar-refractivity contribution is 5.98. The quantitative estimate of drug-likeness (QED) is 0.917. The van der Waals surface area contributed by atoms with Crippen molar-refractivity contribution < 1.29 is 9.53 Å². The van der Waals surface area contributed by atoms with Crippen LogP contribution in [-0.4, -0.2) is 31.1 Å². The van der Waals surface area contributed by atoms with E-state index in [9.17, 15) is 4.79 Å². The Bertz CT molecular complexity index is 709. The Morgan fingerprint density at radius 3 is 2.75 bits per heavy atom. The van der Waals surface area contributed by atoms with E-state index >= 15 is 0 Å². The van der Waals surface area contributed by atoms with E-state index in [-0.39, 0.29) is 0 Å². The van der Waals surface area contributed by atoms with Gasteiger partial charge in [0.25, 0.3) is 5.91 Å². The van der Waals surface area contributed by atoms with E-state index in [1.54, 1.807) is 19.5 Å². The summed E-state index contributed by atoms with van der Waals surface area (Å²) in [5.74, 6) is 1.16. The van der Waals surface area contributed by atoms with E-state index in [1.807, 2.05) is 18.2 Å². The van der Waals surface area contributed by atoms with Crippen LogP contribution in [0.25, 0.3) is 0 Å². The lowest BCUT2D eigenvalue weighted by Crippen LogP contribution is -2.35. The van der Waals surface area contributed by atoms with E-state index in [0.717, 1.165) is 43.8 Å². The molecule has 1 aliphatic heterocycles. The second-order valence-corrected chi connectivity index (χ2v) is 6.20. The van der Waals surface area contributed by atoms with Crippen molar-refractivity contribution in [2.75, 3.05) is 25.1 Å². The third-order valence-electron chi connectivity index (χ3n) is 4.72. The lowest BCUT2D eigenvalue weighted by Gasteiger charge is -2.34. The largest absolute Gasteiger partial charge is 0.496 e. The van der Waals surface area contributed by atoms with E-state index in [0.29, 0.717) is 11.5 Å². The molecular formula is C19H23N3O2. The number of nitrogens with zero attached hydrogens (tertiary/aromatic N) is 2. The molecule has 0 radical (unpaired) electrons. The van der Waals surface area contributed by atoms with E-state index in [4.69, 9.17) is 10.5 Å². The van der Waals surface area contributed by atoms with Crippen LogP contribution in [0.5, 0.6) is 5.75 Å². The fraction of sp³-hybridized carbons (Fsp3) is 0.368. The molecule has 1 fully saturated rings. The lowest BCUT2D eigenvalue weighted by molar-refractivity contribution is 0.100. The maximum absolute atomic E-state index is 11.6. The topological polar surface area (TPSA) is 68.4 Å². The molecule has 0 atom stereocenters. The average molecular weight is 325 g/mol. The Balaban J connectivity index is 1.65. The number of pyridine rings is 1. The predicted octanol–water partition coefficient (Wildman–Crippen LogP) is 2.65. The van der Waals surface area contributed by atoms with Crippen LogP contribution in [0.2, 0.25) is 0 Å². The Hall–Kier alpha value is -2.56. The molecule has 3 rings (SSSR count). The number of methoxy groups -OCH3 is 1. The standard InChI is InChI=1S/C19H23N3O2/c1-24-18-5-3-2-4-15(18)12-14-7-10-22(11-8-14)17-6-9-21-13-16(17)19(20)23/h2-6,9,13-14H,7-8,10-12H2,1H3,(H2,20,23). The zero-order valence-electron chi connectivity index (χ0n) is 13.9. The van der Waals surface area contributed by atoms with Crippen molar-refractivity contribution in [2.45, 2.75) is 19.3 Å². The highest BCUT2D eigenvalue weighted by Crippen LogP contribution is 2.29. The highest BCUT2D eigenvalue weighted by Gasteiger charge is 2.23. The van der Waals surface area contributed by atoms with Crippen molar-refractivity contribution in [3.63, 3.8) is 0 Å². The molecular weight excluding hydrogens is 302 g/mol. The van der Waals surface area contributed by atoms with E-state index in [2.05, 4.69) is 22.0 Å². The van der Waals surface area contributed by atoms with Crippen molar-refractivity contribution >= 4 is 11.6 Å². The van der Waals surface area contributed by atoms with E-state index in [1.165, 1.54) is 5.56 Å². The fourth-order valence-corrected chi connectivity index (χ4v) is 3.41. The second kappa shape index (κ2) is 7.34. The highest BCUT2D eigenvalue weighted by atomic mass is 16.5. The molecule has 1 aliphatic rings. The van der Waals surface area contributed by atoms with Gasteiger partial charge >= 0.3 is 0 Å². The van der Waals surface area contributed by atoms with E-state index < -0.39 is 5.91 Å². The summed E-state index contributed by atoms with van der Waals surface area (Å²) in [5.41, 5.74) is 8.12. The monoisotopic (exact) mass is 325 g/mol. The van der Waals surface area contributed by atoms with Crippen molar-refractivity contribution in [2.24, 2.45) is 11.7 Å². The van der Waals surface area contributed by atoms with Crippen LogP contribution in [0.15, 0.2) is 42.7 Å². The van der Waals surface area contributed by atoms with Gasteiger partial charge in [-0.3, -0.25) is 9.78 Å². The first-order valence-electron chi connectivity index (χ1n) is 8.29. The normalized spacial score (nSPS) is 15.3. The molecule has 24 heavy (non-hydrogen) atoms. The van der Waals surface area contributed by atoms with Gasteiger partial charge in [-0.1, -0.05) is 18.2 Å². The van der Waals surface area contributed by atoms with Gasteiger partial charge in [0, 0.05) is 25.5 Å². The number of nitrogens with two attached hydrogens (primary N) is 1. The Morgan fingerprint density at radius 1 is 1.29 bits per heavy atom. The van der Waals surface area contributed by atoms with Crippen LogP contribution >= 0.6 is 0 Å². The van der Waals surface area contributed by atoms with Gasteiger partial charge in [-0.15, -0.1) is 0 Å². The number of anilines is 1. The SMILES string of the molecule is COc1ccccc1CC1CCN(c2ccncc2C(N)=O)CC1. The van der Waals surface area contributed by atoms with Gasteiger partial charge in [-0.2, -0.15) is 0 Å². The predicted molar refractivity (Wildman–Crippen MR) is 94.4 cm³/mol. The maximum atomic E-state index is 11.6. The number of benzene rings is 1. The summed E-state index contributed by atoms with van der Waals surface area (Å²) in [4.78, 5) is 17.8. The fourth-order valence-electron chi connectivity index (χ4n) is 3.41. The molecule has 1 aromatic carbocycles. The number of rotatable bonds is 5. The first-order chi connectivity index (χ1) is 11.7. The number of piperidine rings is 1. The third-order valence-corrected chi connectivity index (χ3v) is 4.72. The molecule has 0 unspecified atom stereocenters. The first kappa shape index (κ1) is 16.3. The lowest BCUT2D eigenvalue weighted by atomic mass is 9.89. The summed E-state index contributed by atoms with van der Waals surface area (Å²) in [6.45, 7) is 1.84. The smallest absolute Gasteiger partial charge is 0.252 e. The Labute approximate surface area is 142 Å². The molecule has 2 N–H and O–H groups in total. The zero-order valence-corrected chi connectivity index (χ0v) is 13.9. The molecule has 2 heterocycles. The third kappa shape index (κ3) is 3.50. The minimum Gasteiger partial charge on any atom is -0.496 e. The summed E-state index contributed by atoms with van der Waals surface area (Å²) in [7, 11) is 1.72. The van der Waals surface area contributed by atoms with Gasteiger partial charge in [0.15, 0.2) is 0 Å². The second-order valence-electron chi connectivity index (χ2n) is 6.20. The summed E-state index contributed by atoms with van der Waals surface area (Å²) in [6, 6.07) is 10.1. The molecule has 1 amide bonds. The van der Waals surface area contributed by atoms with Crippen LogP contribution in [0, 0.1) is 5.92 Å². The molecule has 0 saturated carbocycles. The number of aromatic nitrogens is 1. The Morgan fingerprint density at radius 2 is 2.04 bits per heavy atom. The van der Waals surface area contributed by atoms with Gasteiger partial charge < -0.3 is 15.4 Å². The number of hydrogen-bond donors (Lipinski definition) is 1. The van der Waals surface area contributed by atoms with Crippen molar-refractivity contribution in [1.82, 2.24) is 4.98 Å². The van der Waals surface area contributed by atoms with Crippen LogP contribution in [0.4, 0.5) is 5.69 Å². The minimum atomic E-state index is -0.422. The first-order valence-corrected chi connectivity index (χ1v) is 8.29. The summed E-state index contributed by atoms with van der Waals surface area (Å²) >= 11 is 0. The number of amides is 1. The van der Waals surface area contributed by atoms with Gasteiger partial charge in [-0.05, 0) is 42.9 Å². The molecule has 2 aromatic rings. The van der Waals surface area contributed by atoms with Gasteiger partial charge in [0.2, 0.25) is 0 Å². The number of carbonyl (C=O) groups excluding carboxylic acids is 1. The van der Waals surface area contributed by atoms with Crippen LogP contribution < -0.4 is 15.4 Å². The molecule has 5 heteroatoms. The van der Waals surface area contributed by atoms with Crippen molar-refractivity contribution in [3.8, 4) is 5.75 Å². The van der Waals surface area contributed by atoms with Crippen LogP contribution in [-0.2, 0) is 6.42 Å². The number of para-hydroxylation sites is 1. The van der Waals surface area contributed by atoms with Gasteiger partial charge in [0.05, 0.1) is 18.4 Å². The van der Waals surface area contributed by atoms with Gasteiger partial charge in [-0.25, -0.2) is 0 Å². The summed E-state index contributed by atoms with van der Waals surface area (Å²) in [5, 5.41) is 0. The average Bonchev–Trinajstić information content (AvgIpc) is 2.63. The summed E-state index contributed by atoms with van der Waals surface area (Å²) < 4.78 is 5.45. The number of hydrogen-bond acceptors (Lipinski definition) is 4. The number of carbonyl (C=O) groups is 1. The van der Waals surface area contributed by atoms with Crippen molar-refractivity contribution in [1.29, 1.82) is 0 Å². The molecule has 1 aromatic heterocycles. The maximum Gasteiger partial charge on any atom is 0.252 e. The molecule has 0 aliphatic carbocycles. The minimum absolute atomic E-state index is 0.422.